The van der Waals surface area contributed by atoms with Crippen LogP contribution < -0.4 is 16.4 Å². The molecule has 28 heavy (non-hydrogen) atoms. The molecule has 1 amide bonds. The van der Waals surface area contributed by atoms with Crippen molar-refractivity contribution in [3.8, 4) is 0 Å². The number of nitrogens with two attached hydrogens (primary N) is 1. The smallest absolute Gasteiger partial charge is 0.253 e. The first-order chi connectivity index (χ1) is 13.6. The van der Waals surface area contributed by atoms with E-state index < -0.39 is 0 Å². The molecule has 3 rings (SSSR count). The number of aromatic nitrogens is 1. The number of anilines is 2. The molecule has 0 radical (unpaired) electrons. The summed E-state index contributed by atoms with van der Waals surface area (Å²) in [7, 11) is 0. The summed E-state index contributed by atoms with van der Waals surface area (Å²) in [6, 6.07) is 14.4. The molecule has 0 fully saturated rings. The summed E-state index contributed by atoms with van der Waals surface area (Å²) in [6.07, 6.45) is 3.75. The number of benzene rings is 2. The van der Waals surface area contributed by atoms with E-state index in [2.05, 4.69) is 15.6 Å². The molecule has 0 aliphatic rings. The average Bonchev–Trinajstić information content (AvgIpc) is 2.71. The molecule has 1 aromatic heterocycles. The molecule has 3 aromatic rings. The monoisotopic (exact) mass is 490 g/mol. The van der Waals surface area contributed by atoms with Gasteiger partial charge in [-0.15, -0.1) is 0 Å². The van der Waals surface area contributed by atoms with Crippen LogP contribution in [0.5, 0.6) is 0 Å². The van der Waals surface area contributed by atoms with Crippen LogP contribution in [0.1, 0.15) is 21.5 Å². The Morgan fingerprint density at radius 2 is 1.82 bits per heavy atom. The van der Waals surface area contributed by atoms with Gasteiger partial charge in [0.2, 0.25) is 0 Å². The van der Waals surface area contributed by atoms with Crippen LogP contribution in [0.15, 0.2) is 60.9 Å². The second-order valence-electron chi connectivity index (χ2n) is 6.20. The normalized spacial score (nSPS) is 10.5. The molecule has 5 nitrogen and oxygen atoms in total. The zero-order chi connectivity index (χ0) is 19.9. The van der Waals surface area contributed by atoms with E-state index in [1.54, 1.807) is 18.2 Å². The van der Waals surface area contributed by atoms with E-state index in [-0.39, 0.29) is 11.7 Å². The molecule has 2 aromatic carbocycles. The number of carbonyl (C=O) groups is 1. The molecule has 7 heteroatoms. The summed E-state index contributed by atoms with van der Waals surface area (Å²) in [5, 5.41) is 5.86. The minimum atomic E-state index is -0.386. The number of rotatable bonds is 7. The molecular formula is C21H20FIN4O. The first-order valence-electron chi connectivity index (χ1n) is 8.79. The maximum Gasteiger partial charge on any atom is 0.253 e. The van der Waals surface area contributed by atoms with Gasteiger partial charge in [0.05, 0.1) is 23.1 Å². The topological polar surface area (TPSA) is 80.0 Å². The van der Waals surface area contributed by atoms with Crippen molar-refractivity contribution < 1.29 is 9.18 Å². The van der Waals surface area contributed by atoms with Crippen molar-refractivity contribution in [2.45, 2.75) is 13.0 Å². The lowest BCUT2D eigenvalue weighted by Crippen LogP contribution is -2.26. The molecule has 0 bridgehead atoms. The zero-order valence-electron chi connectivity index (χ0n) is 15.1. The van der Waals surface area contributed by atoms with Gasteiger partial charge in [-0.05, 0) is 64.4 Å². The van der Waals surface area contributed by atoms with Gasteiger partial charge in [0.1, 0.15) is 5.82 Å². The van der Waals surface area contributed by atoms with Crippen molar-refractivity contribution in [2.24, 2.45) is 5.73 Å². The first-order valence-corrected chi connectivity index (χ1v) is 9.87. The van der Waals surface area contributed by atoms with Gasteiger partial charge in [0.15, 0.2) is 0 Å². The molecule has 0 aliphatic carbocycles. The molecule has 0 atom stereocenters. The fourth-order valence-corrected chi connectivity index (χ4v) is 3.14. The number of hydrogen-bond acceptors (Lipinski definition) is 4. The largest absolute Gasteiger partial charge is 0.352 e. The van der Waals surface area contributed by atoms with Gasteiger partial charge >= 0.3 is 0 Å². The highest BCUT2D eigenvalue weighted by Crippen LogP contribution is 2.23. The lowest BCUT2D eigenvalue weighted by molar-refractivity contribution is 0.0955. The second-order valence-corrected chi connectivity index (χ2v) is 7.44. The Kier molecular flexibility index (Phi) is 6.94. The predicted octanol–water partition coefficient (Wildman–Crippen LogP) is 4.00. The average molecular weight is 490 g/mol. The number of halogens is 2. The lowest BCUT2D eigenvalue weighted by atomic mass is 10.1. The minimum Gasteiger partial charge on any atom is -0.352 e. The van der Waals surface area contributed by atoms with Crippen LogP contribution in [-0.4, -0.2) is 17.4 Å². The Morgan fingerprint density at radius 1 is 1.07 bits per heavy atom. The van der Waals surface area contributed by atoms with Crippen molar-refractivity contribution in [1.29, 1.82) is 0 Å². The van der Waals surface area contributed by atoms with Gasteiger partial charge in [-0.3, -0.25) is 9.78 Å². The van der Waals surface area contributed by atoms with Crippen molar-refractivity contribution in [3.63, 3.8) is 0 Å². The Morgan fingerprint density at radius 3 is 2.54 bits per heavy atom. The number of pyridine rings is 1. The summed E-state index contributed by atoms with van der Waals surface area (Å²) in [6.45, 7) is 0.996. The van der Waals surface area contributed by atoms with Crippen molar-refractivity contribution in [2.75, 3.05) is 11.9 Å². The first kappa shape index (κ1) is 20.2. The summed E-state index contributed by atoms with van der Waals surface area (Å²) >= 11 is 2.04. The van der Waals surface area contributed by atoms with E-state index in [1.807, 2.05) is 46.9 Å². The molecule has 0 saturated heterocycles. The van der Waals surface area contributed by atoms with Gasteiger partial charge in [-0.2, -0.15) is 0 Å². The maximum absolute atomic E-state index is 14.1. The Bertz CT molecular complexity index is 963. The van der Waals surface area contributed by atoms with E-state index in [1.165, 1.54) is 18.5 Å². The lowest BCUT2D eigenvalue weighted by Gasteiger charge is -2.12. The van der Waals surface area contributed by atoms with Crippen LogP contribution >= 0.6 is 22.6 Å². The number of nitrogens with zero attached hydrogens (tertiary/aromatic N) is 1. The third-order valence-electron chi connectivity index (χ3n) is 4.22. The van der Waals surface area contributed by atoms with E-state index in [9.17, 15) is 9.18 Å². The van der Waals surface area contributed by atoms with E-state index >= 15 is 0 Å². The molecule has 0 aliphatic heterocycles. The van der Waals surface area contributed by atoms with Crippen molar-refractivity contribution in [1.82, 2.24) is 10.3 Å². The summed E-state index contributed by atoms with van der Waals surface area (Å²) < 4.78 is 14.9. The van der Waals surface area contributed by atoms with E-state index in [0.717, 1.165) is 14.7 Å². The number of hydrogen-bond donors (Lipinski definition) is 3. The maximum atomic E-state index is 14.1. The Hall–Kier alpha value is -2.52. The fraction of sp³-hybridized carbons (Fsp3) is 0.143. The predicted molar refractivity (Wildman–Crippen MR) is 117 cm³/mol. The van der Waals surface area contributed by atoms with E-state index in [0.29, 0.717) is 36.4 Å². The molecule has 0 spiro atoms. The van der Waals surface area contributed by atoms with Crippen LogP contribution in [0, 0.1) is 9.39 Å². The fourth-order valence-electron chi connectivity index (χ4n) is 2.69. The standard InChI is InChI=1S/C21H20FIN4O/c22-18-11-16(23)5-6-19(18)27-20-13-25-9-8-17(20)21(28)26-10-7-14-1-3-15(12-24)4-2-14/h1-6,8-9,11,13,27H,7,10,12,24H2,(H,26,28). The highest BCUT2D eigenvalue weighted by Gasteiger charge is 2.13. The molecule has 144 valence electrons. The summed E-state index contributed by atoms with van der Waals surface area (Å²) in [4.78, 5) is 16.6. The summed E-state index contributed by atoms with van der Waals surface area (Å²) in [5.74, 6) is -0.627. The third kappa shape index (κ3) is 5.26. The summed E-state index contributed by atoms with van der Waals surface area (Å²) in [5.41, 5.74) is 8.94. The number of amides is 1. The van der Waals surface area contributed by atoms with Crippen LogP contribution in [0.4, 0.5) is 15.8 Å². The van der Waals surface area contributed by atoms with Gasteiger partial charge in [0, 0.05) is 22.9 Å². The molecular weight excluding hydrogens is 470 g/mol. The quantitative estimate of drug-likeness (QED) is 0.438. The van der Waals surface area contributed by atoms with Crippen molar-refractivity contribution in [3.05, 3.63) is 87.0 Å². The molecule has 4 N–H and O–H groups in total. The van der Waals surface area contributed by atoms with Gasteiger partial charge < -0.3 is 16.4 Å². The van der Waals surface area contributed by atoms with Gasteiger partial charge in [0.25, 0.3) is 5.91 Å². The van der Waals surface area contributed by atoms with Crippen LogP contribution in [0.25, 0.3) is 0 Å². The van der Waals surface area contributed by atoms with Crippen molar-refractivity contribution >= 4 is 39.9 Å². The van der Waals surface area contributed by atoms with Crippen LogP contribution in [0.3, 0.4) is 0 Å². The number of nitrogens with one attached hydrogen (secondary N) is 2. The van der Waals surface area contributed by atoms with E-state index in [4.69, 9.17) is 5.73 Å². The zero-order valence-corrected chi connectivity index (χ0v) is 17.2. The second kappa shape index (κ2) is 9.61. The highest BCUT2D eigenvalue weighted by molar-refractivity contribution is 14.1. The van der Waals surface area contributed by atoms with Gasteiger partial charge in [-0.1, -0.05) is 24.3 Å². The number of carbonyl (C=O) groups excluding carboxylic acids is 1. The van der Waals surface area contributed by atoms with Crippen LogP contribution in [0.2, 0.25) is 0 Å². The SMILES string of the molecule is NCc1ccc(CCNC(=O)c2ccncc2Nc2ccc(I)cc2F)cc1. The minimum absolute atomic E-state index is 0.241. The third-order valence-corrected chi connectivity index (χ3v) is 4.90. The van der Waals surface area contributed by atoms with Gasteiger partial charge in [-0.25, -0.2) is 4.39 Å². The highest BCUT2D eigenvalue weighted by atomic mass is 127. The molecule has 0 saturated carbocycles. The Balaban J connectivity index is 1.65. The molecule has 0 unspecified atom stereocenters. The van der Waals surface area contributed by atoms with Crippen LogP contribution in [-0.2, 0) is 13.0 Å². The molecule has 1 heterocycles. The Labute approximate surface area is 176 Å².